The molecule has 2 N–H and O–H groups in total. The molecule has 7 heteroatoms. The second-order valence-electron chi connectivity index (χ2n) is 5.92. The highest BCUT2D eigenvalue weighted by Crippen LogP contribution is 2.25. The normalized spacial score (nSPS) is 11.3. The molecule has 0 radical (unpaired) electrons. The van der Waals surface area contributed by atoms with Crippen LogP contribution < -0.4 is 5.73 Å². The maximum Gasteiger partial charge on any atom is 0.250 e. The van der Waals surface area contributed by atoms with E-state index in [-0.39, 0.29) is 21.8 Å². The zero-order valence-corrected chi connectivity index (χ0v) is 14.8. The highest BCUT2D eigenvalue weighted by molar-refractivity contribution is 7.91. The molecule has 0 aliphatic heterocycles. The van der Waals surface area contributed by atoms with Gasteiger partial charge < -0.3 is 5.73 Å². The molecule has 0 aromatic heterocycles. The second kappa shape index (κ2) is 7.28. The van der Waals surface area contributed by atoms with Gasteiger partial charge in [0.2, 0.25) is 15.7 Å². The zero-order chi connectivity index (χ0) is 19.6. The molecule has 138 valence electrons. The van der Waals surface area contributed by atoms with Crippen LogP contribution in [0.1, 0.15) is 21.5 Å². The molecule has 0 aliphatic carbocycles. The Labute approximate surface area is 155 Å². The zero-order valence-electron chi connectivity index (χ0n) is 14.0. The Morgan fingerprint density at radius 2 is 1.59 bits per heavy atom. The Morgan fingerprint density at radius 3 is 2.22 bits per heavy atom. The fourth-order valence-electron chi connectivity index (χ4n) is 2.70. The van der Waals surface area contributed by atoms with Gasteiger partial charge in [-0.05, 0) is 41.5 Å². The van der Waals surface area contributed by atoms with E-state index in [1.54, 1.807) is 12.1 Å². The number of sulfone groups is 1. The molecule has 0 aliphatic rings. The third-order valence-electron chi connectivity index (χ3n) is 4.09. The fraction of sp³-hybridized carbons (Fsp3) is 0.0500. The van der Waals surface area contributed by atoms with E-state index in [0.29, 0.717) is 11.1 Å². The quantitative estimate of drug-likeness (QED) is 0.728. The van der Waals surface area contributed by atoms with Gasteiger partial charge in [0.25, 0.3) is 0 Å². The van der Waals surface area contributed by atoms with Crippen molar-refractivity contribution < 1.29 is 22.0 Å². The third kappa shape index (κ3) is 3.88. The van der Waals surface area contributed by atoms with Crippen LogP contribution in [0.15, 0.2) is 76.5 Å². The lowest BCUT2D eigenvalue weighted by atomic mass is 10.0. The molecule has 3 rings (SSSR count). The molecule has 0 saturated carbocycles. The van der Waals surface area contributed by atoms with E-state index in [1.807, 2.05) is 0 Å². The monoisotopic (exact) mass is 387 g/mol. The molecule has 0 heterocycles. The molecular formula is C20H15F2NO3S. The Balaban J connectivity index is 1.92. The molecule has 0 bridgehead atoms. The van der Waals surface area contributed by atoms with Gasteiger partial charge in [-0.25, -0.2) is 17.2 Å². The van der Waals surface area contributed by atoms with Crippen molar-refractivity contribution in [3.8, 4) is 0 Å². The van der Waals surface area contributed by atoms with Gasteiger partial charge in [-0.3, -0.25) is 4.79 Å². The number of halogens is 2. The summed E-state index contributed by atoms with van der Waals surface area (Å²) in [5.74, 6) is -2.16. The van der Waals surface area contributed by atoms with E-state index in [0.717, 1.165) is 12.1 Å². The van der Waals surface area contributed by atoms with Gasteiger partial charge in [-0.2, -0.15) is 0 Å². The summed E-state index contributed by atoms with van der Waals surface area (Å²) in [6.45, 7) is 0. The largest absolute Gasteiger partial charge is 0.366 e. The molecule has 0 spiro atoms. The van der Waals surface area contributed by atoms with Crippen LogP contribution in [0.5, 0.6) is 0 Å². The third-order valence-corrected chi connectivity index (χ3v) is 5.91. The lowest BCUT2D eigenvalue weighted by Gasteiger charge is -2.09. The van der Waals surface area contributed by atoms with E-state index in [1.165, 1.54) is 42.5 Å². The predicted molar refractivity (Wildman–Crippen MR) is 96.0 cm³/mol. The minimum absolute atomic E-state index is 0.0143. The van der Waals surface area contributed by atoms with Crippen LogP contribution in [0.3, 0.4) is 0 Å². The number of hydrogen-bond acceptors (Lipinski definition) is 3. The highest BCUT2D eigenvalue weighted by atomic mass is 32.2. The first-order valence-electron chi connectivity index (χ1n) is 7.96. The van der Waals surface area contributed by atoms with Gasteiger partial charge in [0.15, 0.2) is 0 Å². The Bertz CT molecular complexity index is 1110. The minimum Gasteiger partial charge on any atom is -0.366 e. The van der Waals surface area contributed by atoms with Crippen molar-refractivity contribution >= 4 is 15.7 Å². The summed E-state index contributed by atoms with van der Waals surface area (Å²) in [6, 6.07) is 14.9. The Morgan fingerprint density at radius 1 is 0.926 bits per heavy atom. The van der Waals surface area contributed by atoms with Gasteiger partial charge in [0.1, 0.15) is 11.6 Å². The van der Waals surface area contributed by atoms with E-state index in [9.17, 15) is 22.0 Å². The number of carbonyl (C=O) groups excluding carboxylic acids is 1. The lowest BCUT2D eigenvalue weighted by molar-refractivity contribution is 0.0997. The summed E-state index contributed by atoms with van der Waals surface area (Å²) in [4.78, 5) is 11.3. The van der Waals surface area contributed by atoms with E-state index in [4.69, 9.17) is 5.73 Å². The average Bonchev–Trinajstić information content (AvgIpc) is 2.64. The highest BCUT2D eigenvalue weighted by Gasteiger charge is 2.23. The van der Waals surface area contributed by atoms with E-state index in [2.05, 4.69) is 0 Å². The molecule has 0 fully saturated rings. The van der Waals surface area contributed by atoms with Crippen molar-refractivity contribution in [3.05, 3.63) is 95.1 Å². The Hall–Kier alpha value is -3.06. The van der Waals surface area contributed by atoms with Crippen molar-refractivity contribution in [2.45, 2.75) is 16.2 Å². The maximum absolute atomic E-state index is 13.8. The molecule has 4 nitrogen and oxygen atoms in total. The van der Waals surface area contributed by atoms with Gasteiger partial charge in [0, 0.05) is 12.5 Å². The van der Waals surface area contributed by atoms with Crippen LogP contribution in [-0.4, -0.2) is 14.3 Å². The van der Waals surface area contributed by atoms with Crippen molar-refractivity contribution in [2.24, 2.45) is 5.73 Å². The molecule has 3 aromatic carbocycles. The van der Waals surface area contributed by atoms with Crippen LogP contribution in [0.4, 0.5) is 8.78 Å². The number of hydrogen-bond donors (Lipinski definition) is 1. The number of rotatable bonds is 5. The average molecular weight is 387 g/mol. The van der Waals surface area contributed by atoms with Crippen molar-refractivity contribution in [1.29, 1.82) is 0 Å². The second-order valence-corrected chi connectivity index (χ2v) is 7.84. The smallest absolute Gasteiger partial charge is 0.250 e. The maximum atomic E-state index is 13.8. The van der Waals surface area contributed by atoms with Crippen LogP contribution >= 0.6 is 0 Å². The van der Waals surface area contributed by atoms with Crippen LogP contribution in [-0.2, 0) is 16.3 Å². The summed E-state index contributed by atoms with van der Waals surface area (Å²) in [5, 5.41) is 0. The standard InChI is InChI=1S/C20H15F2NO3S/c21-15-8-7-14(18(22)12-15)11-13-5-9-16(10-6-13)27(25,26)19-4-2-1-3-17(19)20(23)24/h1-10,12H,11H2,(H2,23,24). The predicted octanol–water partition coefficient (Wildman–Crippen LogP) is 3.49. The Kier molecular flexibility index (Phi) is 5.05. The molecule has 0 saturated heterocycles. The first kappa shape index (κ1) is 18.7. The van der Waals surface area contributed by atoms with Crippen LogP contribution in [0.2, 0.25) is 0 Å². The molecule has 0 atom stereocenters. The fourth-order valence-corrected chi connectivity index (χ4v) is 4.17. The van der Waals surface area contributed by atoms with Gasteiger partial charge >= 0.3 is 0 Å². The molecule has 1 amide bonds. The SMILES string of the molecule is NC(=O)c1ccccc1S(=O)(=O)c1ccc(Cc2ccc(F)cc2F)cc1. The van der Waals surface area contributed by atoms with Gasteiger partial charge in [0.05, 0.1) is 15.4 Å². The van der Waals surface area contributed by atoms with E-state index < -0.39 is 27.4 Å². The van der Waals surface area contributed by atoms with Crippen molar-refractivity contribution in [3.63, 3.8) is 0 Å². The number of amides is 1. The van der Waals surface area contributed by atoms with Crippen LogP contribution in [0.25, 0.3) is 0 Å². The topological polar surface area (TPSA) is 77.2 Å². The van der Waals surface area contributed by atoms with E-state index >= 15 is 0 Å². The minimum atomic E-state index is -3.94. The van der Waals surface area contributed by atoms with Crippen molar-refractivity contribution in [1.82, 2.24) is 0 Å². The summed E-state index contributed by atoms with van der Waals surface area (Å²) in [5.41, 5.74) is 6.12. The first-order chi connectivity index (χ1) is 12.8. The number of primary amides is 1. The first-order valence-corrected chi connectivity index (χ1v) is 9.44. The summed E-state index contributed by atoms with van der Waals surface area (Å²) >= 11 is 0. The summed E-state index contributed by atoms with van der Waals surface area (Å²) in [7, 11) is -3.94. The number of carbonyl (C=O) groups is 1. The number of benzene rings is 3. The molecule has 0 unspecified atom stereocenters. The number of nitrogens with two attached hydrogens (primary N) is 1. The summed E-state index contributed by atoms with van der Waals surface area (Å²) < 4.78 is 52.4. The molecule has 27 heavy (non-hydrogen) atoms. The summed E-state index contributed by atoms with van der Waals surface area (Å²) in [6.07, 6.45) is 0.185. The molecule has 3 aromatic rings. The van der Waals surface area contributed by atoms with Gasteiger partial charge in [-0.1, -0.05) is 30.3 Å². The molecular weight excluding hydrogens is 372 g/mol. The lowest BCUT2D eigenvalue weighted by Crippen LogP contribution is -2.16. The van der Waals surface area contributed by atoms with Gasteiger partial charge in [-0.15, -0.1) is 0 Å². The van der Waals surface area contributed by atoms with Crippen molar-refractivity contribution in [2.75, 3.05) is 0 Å². The van der Waals surface area contributed by atoms with Crippen LogP contribution in [0, 0.1) is 11.6 Å².